The van der Waals surface area contributed by atoms with Gasteiger partial charge in [0, 0.05) is 20.1 Å². The number of nitrogens with zero attached hydrogens (tertiary/aromatic N) is 3. The van der Waals surface area contributed by atoms with Gasteiger partial charge in [0.25, 0.3) is 5.91 Å². The largest absolute Gasteiger partial charge is 0.356 e. The molecule has 1 amide bonds. The van der Waals surface area contributed by atoms with E-state index in [9.17, 15) is 4.79 Å². The first kappa shape index (κ1) is 13.6. The van der Waals surface area contributed by atoms with Crippen LogP contribution in [-0.4, -0.2) is 42.3 Å². The van der Waals surface area contributed by atoms with Gasteiger partial charge in [0.15, 0.2) is 5.16 Å². The molecule has 0 atom stereocenters. The van der Waals surface area contributed by atoms with Crippen molar-refractivity contribution in [3.63, 3.8) is 0 Å². The lowest BCUT2D eigenvalue weighted by atomic mass is 10.3. The Hall–Kier alpha value is -1.34. The molecule has 2 aromatic heterocycles. The third-order valence-electron chi connectivity index (χ3n) is 3.39. The van der Waals surface area contributed by atoms with Gasteiger partial charge in [0.1, 0.15) is 10.6 Å². The van der Waals surface area contributed by atoms with Gasteiger partial charge >= 0.3 is 0 Å². The molecular weight excluding hydrogens is 292 g/mol. The van der Waals surface area contributed by atoms with Gasteiger partial charge in [-0.3, -0.25) is 4.79 Å². The van der Waals surface area contributed by atoms with Gasteiger partial charge in [0.05, 0.1) is 10.3 Å². The van der Waals surface area contributed by atoms with E-state index in [0.717, 1.165) is 34.3 Å². The molecule has 20 heavy (non-hydrogen) atoms. The molecule has 2 aromatic rings. The second kappa shape index (κ2) is 5.57. The van der Waals surface area contributed by atoms with Crippen LogP contribution in [0.1, 0.15) is 22.5 Å². The molecule has 0 spiro atoms. The fraction of sp³-hybridized carbons (Fsp3) is 0.462. The predicted molar refractivity (Wildman–Crippen MR) is 84.0 cm³/mol. The van der Waals surface area contributed by atoms with Crippen LogP contribution < -0.4 is 10.2 Å². The average Bonchev–Trinajstić information content (AvgIpc) is 3.13. The van der Waals surface area contributed by atoms with Crippen LogP contribution in [0.3, 0.4) is 0 Å². The smallest absolute Gasteiger partial charge is 0.261 e. The number of fused-ring (bicyclic) bond motifs is 1. The molecule has 7 heteroatoms. The van der Waals surface area contributed by atoms with Gasteiger partial charge in [-0.25, -0.2) is 9.97 Å². The first-order chi connectivity index (χ1) is 9.72. The van der Waals surface area contributed by atoms with Crippen LogP contribution in [0.15, 0.2) is 11.2 Å². The maximum absolute atomic E-state index is 11.8. The molecule has 1 fully saturated rings. The normalized spacial score (nSPS) is 15.0. The molecule has 3 heterocycles. The quantitative estimate of drug-likeness (QED) is 0.697. The summed E-state index contributed by atoms with van der Waals surface area (Å²) in [6, 6.07) is 1.91. The zero-order valence-electron chi connectivity index (χ0n) is 11.5. The predicted octanol–water partition coefficient (Wildman–Crippen LogP) is 2.37. The molecular formula is C13H16N4OS2. The van der Waals surface area contributed by atoms with Crippen LogP contribution in [0.25, 0.3) is 10.2 Å². The van der Waals surface area contributed by atoms with E-state index >= 15 is 0 Å². The highest BCUT2D eigenvalue weighted by Gasteiger charge is 2.21. The Morgan fingerprint density at radius 2 is 2.15 bits per heavy atom. The van der Waals surface area contributed by atoms with E-state index < -0.39 is 0 Å². The minimum atomic E-state index is -0.0638. The lowest BCUT2D eigenvalue weighted by Crippen LogP contribution is -2.19. The summed E-state index contributed by atoms with van der Waals surface area (Å²) in [5.74, 6) is 0.911. The molecule has 0 bridgehead atoms. The van der Waals surface area contributed by atoms with Crippen molar-refractivity contribution >= 4 is 45.0 Å². The highest BCUT2D eigenvalue weighted by atomic mass is 32.2. The van der Waals surface area contributed by atoms with Crippen LogP contribution >= 0.6 is 23.1 Å². The van der Waals surface area contributed by atoms with Crippen LogP contribution in [0.4, 0.5) is 5.82 Å². The second-order valence-corrected chi connectivity index (χ2v) is 6.44. The maximum atomic E-state index is 11.8. The van der Waals surface area contributed by atoms with Crippen molar-refractivity contribution in [1.29, 1.82) is 0 Å². The number of carbonyl (C=O) groups excluding carboxylic acids is 1. The molecule has 0 unspecified atom stereocenters. The lowest BCUT2D eigenvalue weighted by molar-refractivity contribution is 0.0967. The standard InChI is InChI=1S/C13H16N4OS2/c1-14-11(18)9-7-8-10(17-5-3-4-6-17)15-13(19-2)16-12(8)20-9/h7H,3-6H2,1-2H3,(H,14,18). The van der Waals surface area contributed by atoms with Gasteiger partial charge in [-0.2, -0.15) is 0 Å². The number of amides is 1. The first-order valence-electron chi connectivity index (χ1n) is 6.55. The van der Waals surface area contributed by atoms with Crippen molar-refractivity contribution < 1.29 is 4.79 Å². The molecule has 1 aliphatic heterocycles. The second-order valence-electron chi connectivity index (χ2n) is 4.64. The van der Waals surface area contributed by atoms with Crippen LogP contribution in [0.5, 0.6) is 0 Å². The van der Waals surface area contributed by atoms with E-state index in [-0.39, 0.29) is 5.91 Å². The number of hydrogen-bond donors (Lipinski definition) is 1. The number of nitrogens with one attached hydrogen (secondary N) is 1. The van der Waals surface area contributed by atoms with Crippen molar-refractivity contribution in [1.82, 2.24) is 15.3 Å². The Labute approximate surface area is 125 Å². The summed E-state index contributed by atoms with van der Waals surface area (Å²) in [5.41, 5.74) is 0. The third-order valence-corrected chi connectivity index (χ3v) is 4.97. The minimum Gasteiger partial charge on any atom is -0.356 e. The topological polar surface area (TPSA) is 58.1 Å². The Bertz CT molecular complexity index is 649. The van der Waals surface area contributed by atoms with Crippen molar-refractivity contribution in [3.8, 4) is 0 Å². The number of carbonyl (C=O) groups is 1. The molecule has 5 nitrogen and oxygen atoms in total. The van der Waals surface area contributed by atoms with E-state index in [1.54, 1.807) is 7.05 Å². The zero-order chi connectivity index (χ0) is 14.1. The summed E-state index contributed by atoms with van der Waals surface area (Å²) >= 11 is 2.97. The number of aromatic nitrogens is 2. The monoisotopic (exact) mass is 308 g/mol. The summed E-state index contributed by atoms with van der Waals surface area (Å²) in [4.78, 5) is 24.9. The number of thiophene rings is 1. The van der Waals surface area contributed by atoms with Gasteiger partial charge in [-0.05, 0) is 25.2 Å². The molecule has 0 aliphatic carbocycles. The summed E-state index contributed by atoms with van der Waals surface area (Å²) in [7, 11) is 1.65. The van der Waals surface area contributed by atoms with E-state index in [4.69, 9.17) is 0 Å². The van der Waals surface area contributed by atoms with Gasteiger partial charge in [-0.15, -0.1) is 11.3 Å². The fourth-order valence-electron chi connectivity index (χ4n) is 2.38. The number of thioether (sulfide) groups is 1. The van der Waals surface area contributed by atoms with Crippen LogP contribution in [-0.2, 0) is 0 Å². The molecule has 1 N–H and O–H groups in total. The lowest BCUT2D eigenvalue weighted by Gasteiger charge is -2.17. The molecule has 0 radical (unpaired) electrons. The molecule has 1 saturated heterocycles. The number of anilines is 1. The van der Waals surface area contributed by atoms with Crippen molar-refractivity contribution in [2.24, 2.45) is 0 Å². The summed E-state index contributed by atoms with van der Waals surface area (Å²) < 4.78 is 0. The van der Waals surface area contributed by atoms with Gasteiger partial charge < -0.3 is 10.2 Å². The average molecular weight is 308 g/mol. The Balaban J connectivity index is 2.14. The number of hydrogen-bond acceptors (Lipinski definition) is 6. The molecule has 0 saturated carbocycles. The van der Waals surface area contributed by atoms with Crippen LogP contribution in [0.2, 0.25) is 0 Å². The van der Waals surface area contributed by atoms with E-state index in [1.807, 2.05) is 12.3 Å². The maximum Gasteiger partial charge on any atom is 0.261 e. The molecule has 106 valence electrons. The summed E-state index contributed by atoms with van der Waals surface area (Å²) in [6.07, 6.45) is 4.38. The zero-order valence-corrected chi connectivity index (χ0v) is 13.1. The molecule has 0 aromatic carbocycles. The Morgan fingerprint density at radius 3 is 2.80 bits per heavy atom. The van der Waals surface area contributed by atoms with Crippen molar-refractivity contribution in [2.75, 3.05) is 31.3 Å². The molecule has 3 rings (SSSR count). The Morgan fingerprint density at radius 1 is 1.40 bits per heavy atom. The molecule has 1 aliphatic rings. The third kappa shape index (κ3) is 2.35. The summed E-state index contributed by atoms with van der Waals surface area (Å²) in [5, 5.41) is 4.43. The van der Waals surface area contributed by atoms with Gasteiger partial charge in [-0.1, -0.05) is 11.8 Å². The van der Waals surface area contributed by atoms with E-state index in [1.165, 1.54) is 35.9 Å². The van der Waals surface area contributed by atoms with Gasteiger partial charge in [0.2, 0.25) is 0 Å². The SMILES string of the molecule is CNC(=O)c1cc2c(N3CCCC3)nc(SC)nc2s1. The minimum absolute atomic E-state index is 0.0638. The first-order valence-corrected chi connectivity index (χ1v) is 8.59. The summed E-state index contributed by atoms with van der Waals surface area (Å²) in [6.45, 7) is 2.07. The highest BCUT2D eigenvalue weighted by molar-refractivity contribution is 7.98. The van der Waals surface area contributed by atoms with E-state index in [2.05, 4.69) is 20.2 Å². The Kier molecular flexibility index (Phi) is 3.80. The van der Waals surface area contributed by atoms with E-state index in [0.29, 0.717) is 4.88 Å². The number of rotatable bonds is 3. The van der Waals surface area contributed by atoms with Crippen molar-refractivity contribution in [2.45, 2.75) is 18.0 Å². The van der Waals surface area contributed by atoms with Crippen LogP contribution in [0, 0.1) is 0 Å². The fourth-order valence-corrected chi connectivity index (χ4v) is 3.77. The highest BCUT2D eigenvalue weighted by Crippen LogP contribution is 2.34. The van der Waals surface area contributed by atoms with Crippen molar-refractivity contribution in [3.05, 3.63) is 10.9 Å².